The van der Waals surface area contributed by atoms with Crippen molar-refractivity contribution in [2.24, 2.45) is 0 Å². The largest absolute Gasteiger partial charge is 0.319 e. The van der Waals surface area contributed by atoms with Crippen LogP contribution < -0.4 is 5.32 Å². The zero-order valence-electron chi connectivity index (χ0n) is 12.9. The number of benzene rings is 2. The molecule has 0 bridgehead atoms. The second-order valence-corrected chi connectivity index (χ2v) is 5.73. The Bertz CT molecular complexity index is 927. The van der Waals surface area contributed by atoms with Crippen molar-refractivity contribution in [2.45, 2.75) is 0 Å². The third kappa shape index (κ3) is 2.92. The van der Waals surface area contributed by atoms with Gasteiger partial charge in [0.1, 0.15) is 0 Å². The fourth-order valence-electron chi connectivity index (χ4n) is 2.52. The second kappa shape index (κ2) is 6.49. The van der Waals surface area contributed by atoms with Gasteiger partial charge in [-0.3, -0.25) is 19.3 Å². The number of halogens is 2. The molecule has 0 atom stereocenters. The lowest BCUT2D eigenvalue weighted by Gasteiger charge is -2.09. The molecule has 7 heteroatoms. The standard InChI is InChI=1S/C18H12ClFN2O3/c1-2-8-22-17(24)11-7-6-10(9-12(11)18(22)25)16(23)21-14-5-3-4-13(19)15(14)20/h2-7,9H,1,8H2,(H,21,23). The third-order valence-corrected chi connectivity index (χ3v) is 4.04. The minimum Gasteiger partial charge on any atom is -0.319 e. The van der Waals surface area contributed by atoms with Crippen molar-refractivity contribution in [3.05, 3.63) is 76.6 Å². The minimum atomic E-state index is -0.748. The lowest BCUT2D eigenvalue weighted by molar-refractivity contribution is 0.0672. The van der Waals surface area contributed by atoms with Crippen LogP contribution in [0.4, 0.5) is 10.1 Å². The van der Waals surface area contributed by atoms with Gasteiger partial charge in [-0.25, -0.2) is 4.39 Å². The fraction of sp³-hybridized carbons (Fsp3) is 0.0556. The maximum absolute atomic E-state index is 13.9. The molecule has 0 unspecified atom stereocenters. The number of carbonyl (C=O) groups is 3. The average Bonchev–Trinajstić information content (AvgIpc) is 2.84. The van der Waals surface area contributed by atoms with Crippen LogP contribution in [0.15, 0.2) is 49.1 Å². The number of hydrogen-bond donors (Lipinski definition) is 1. The van der Waals surface area contributed by atoms with Gasteiger partial charge in [-0.2, -0.15) is 0 Å². The molecule has 0 spiro atoms. The highest BCUT2D eigenvalue weighted by molar-refractivity contribution is 6.31. The summed E-state index contributed by atoms with van der Waals surface area (Å²) in [6.45, 7) is 3.59. The van der Waals surface area contributed by atoms with E-state index in [1.807, 2.05) is 0 Å². The van der Waals surface area contributed by atoms with Crippen LogP contribution in [0.2, 0.25) is 5.02 Å². The summed E-state index contributed by atoms with van der Waals surface area (Å²) in [5.41, 5.74) is 0.400. The first-order chi connectivity index (χ1) is 11.9. The Morgan fingerprint density at radius 3 is 2.64 bits per heavy atom. The molecule has 3 rings (SSSR count). The molecular weight excluding hydrogens is 347 g/mol. The van der Waals surface area contributed by atoms with Crippen molar-refractivity contribution in [1.82, 2.24) is 4.90 Å². The van der Waals surface area contributed by atoms with Gasteiger partial charge in [0.05, 0.1) is 21.8 Å². The van der Waals surface area contributed by atoms with E-state index >= 15 is 0 Å². The molecular formula is C18H12ClFN2O3. The van der Waals surface area contributed by atoms with Crippen LogP contribution in [0.3, 0.4) is 0 Å². The van der Waals surface area contributed by atoms with Crippen LogP contribution in [0.25, 0.3) is 0 Å². The Labute approximate surface area is 147 Å². The molecule has 3 amide bonds. The highest BCUT2D eigenvalue weighted by Gasteiger charge is 2.35. The van der Waals surface area contributed by atoms with E-state index in [2.05, 4.69) is 11.9 Å². The fourth-order valence-corrected chi connectivity index (χ4v) is 2.70. The molecule has 0 saturated heterocycles. The molecule has 0 radical (unpaired) electrons. The SMILES string of the molecule is C=CCN1C(=O)c2ccc(C(=O)Nc3cccc(Cl)c3F)cc2C1=O. The van der Waals surface area contributed by atoms with Crippen LogP contribution in [-0.2, 0) is 0 Å². The van der Waals surface area contributed by atoms with E-state index in [4.69, 9.17) is 11.6 Å². The summed E-state index contributed by atoms with van der Waals surface area (Å²) in [7, 11) is 0. The third-order valence-electron chi connectivity index (χ3n) is 3.74. The summed E-state index contributed by atoms with van der Waals surface area (Å²) in [5, 5.41) is 2.28. The molecule has 126 valence electrons. The predicted molar refractivity (Wildman–Crippen MR) is 91.4 cm³/mol. The molecule has 0 aliphatic carbocycles. The number of fused-ring (bicyclic) bond motifs is 1. The topological polar surface area (TPSA) is 66.5 Å². The maximum Gasteiger partial charge on any atom is 0.261 e. The number of anilines is 1. The summed E-state index contributed by atoms with van der Waals surface area (Å²) < 4.78 is 13.9. The van der Waals surface area contributed by atoms with Crippen LogP contribution in [0, 0.1) is 5.82 Å². The van der Waals surface area contributed by atoms with Crippen molar-refractivity contribution in [3.63, 3.8) is 0 Å². The average molecular weight is 359 g/mol. The first-order valence-corrected chi connectivity index (χ1v) is 7.68. The van der Waals surface area contributed by atoms with E-state index < -0.39 is 23.5 Å². The molecule has 5 nitrogen and oxygen atoms in total. The quantitative estimate of drug-likeness (QED) is 0.671. The lowest BCUT2D eigenvalue weighted by Crippen LogP contribution is -2.29. The molecule has 0 aromatic heterocycles. The molecule has 25 heavy (non-hydrogen) atoms. The van der Waals surface area contributed by atoms with Crippen molar-refractivity contribution >= 4 is 35.0 Å². The van der Waals surface area contributed by atoms with E-state index in [9.17, 15) is 18.8 Å². The van der Waals surface area contributed by atoms with Gasteiger partial charge in [-0.05, 0) is 30.3 Å². The molecule has 1 N–H and O–H groups in total. The van der Waals surface area contributed by atoms with Crippen LogP contribution in [-0.4, -0.2) is 29.2 Å². The van der Waals surface area contributed by atoms with Gasteiger partial charge in [0.2, 0.25) is 0 Å². The van der Waals surface area contributed by atoms with Crippen molar-refractivity contribution in [1.29, 1.82) is 0 Å². The Kier molecular flexibility index (Phi) is 4.37. The lowest BCUT2D eigenvalue weighted by atomic mass is 10.1. The monoisotopic (exact) mass is 358 g/mol. The van der Waals surface area contributed by atoms with E-state index in [0.29, 0.717) is 0 Å². The van der Waals surface area contributed by atoms with E-state index in [0.717, 1.165) is 4.90 Å². The van der Waals surface area contributed by atoms with Gasteiger partial charge in [0.25, 0.3) is 17.7 Å². The summed E-state index contributed by atoms with van der Waals surface area (Å²) in [6, 6.07) is 8.35. The van der Waals surface area contributed by atoms with Gasteiger partial charge in [-0.15, -0.1) is 6.58 Å². The Morgan fingerprint density at radius 1 is 1.20 bits per heavy atom. The molecule has 2 aromatic carbocycles. The number of rotatable bonds is 4. The number of nitrogens with zero attached hydrogens (tertiary/aromatic N) is 1. The summed E-state index contributed by atoms with van der Waals surface area (Å²) >= 11 is 5.68. The summed E-state index contributed by atoms with van der Waals surface area (Å²) in [6.07, 6.45) is 1.44. The highest BCUT2D eigenvalue weighted by Crippen LogP contribution is 2.26. The molecule has 1 aliphatic rings. The first kappa shape index (κ1) is 16.9. The van der Waals surface area contributed by atoms with Crippen molar-refractivity contribution in [2.75, 3.05) is 11.9 Å². The Morgan fingerprint density at radius 2 is 1.92 bits per heavy atom. The summed E-state index contributed by atoms with van der Waals surface area (Å²) in [5.74, 6) is -2.30. The molecule has 0 saturated carbocycles. The van der Waals surface area contributed by atoms with Gasteiger partial charge in [0, 0.05) is 12.1 Å². The van der Waals surface area contributed by atoms with Crippen LogP contribution >= 0.6 is 11.6 Å². The zero-order valence-corrected chi connectivity index (χ0v) is 13.6. The van der Waals surface area contributed by atoms with Gasteiger partial charge < -0.3 is 5.32 Å². The number of hydrogen-bond acceptors (Lipinski definition) is 3. The van der Waals surface area contributed by atoms with Crippen molar-refractivity contribution < 1.29 is 18.8 Å². The zero-order chi connectivity index (χ0) is 18.1. The molecule has 1 aliphatic heterocycles. The molecule has 1 heterocycles. The van der Waals surface area contributed by atoms with Crippen LogP contribution in [0.1, 0.15) is 31.1 Å². The van der Waals surface area contributed by atoms with Gasteiger partial charge >= 0.3 is 0 Å². The van der Waals surface area contributed by atoms with Crippen LogP contribution in [0.5, 0.6) is 0 Å². The smallest absolute Gasteiger partial charge is 0.261 e. The van der Waals surface area contributed by atoms with E-state index in [1.54, 1.807) is 0 Å². The summed E-state index contributed by atoms with van der Waals surface area (Å²) in [4.78, 5) is 37.8. The normalized spacial score (nSPS) is 13.0. The maximum atomic E-state index is 13.9. The Balaban J connectivity index is 1.90. The highest BCUT2D eigenvalue weighted by atomic mass is 35.5. The van der Waals surface area contributed by atoms with Gasteiger partial charge in [-0.1, -0.05) is 23.7 Å². The van der Waals surface area contributed by atoms with Crippen molar-refractivity contribution in [3.8, 4) is 0 Å². The van der Waals surface area contributed by atoms with Gasteiger partial charge in [0.15, 0.2) is 5.82 Å². The number of amides is 3. The second-order valence-electron chi connectivity index (χ2n) is 5.33. The molecule has 2 aromatic rings. The number of imide groups is 1. The Hall–Kier alpha value is -2.99. The van der Waals surface area contributed by atoms with E-state index in [1.165, 1.54) is 42.5 Å². The predicted octanol–water partition coefficient (Wildman–Crippen LogP) is 3.51. The number of carbonyl (C=O) groups excluding carboxylic acids is 3. The molecule has 0 fully saturated rings. The minimum absolute atomic E-state index is 0.0753. The first-order valence-electron chi connectivity index (χ1n) is 7.30. The number of nitrogens with one attached hydrogen (secondary N) is 1. The van der Waals surface area contributed by atoms with E-state index in [-0.39, 0.29) is 33.9 Å².